The maximum Gasteiger partial charge on any atom is 0.472 e. The van der Waals surface area contributed by atoms with E-state index in [0.717, 1.165) is 5.43 Å². The lowest BCUT2D eigenvalue weighted by Gasteiger charge is -2.11. The Balaban J connectivity index is 3.08. The number of amides is 2. The smallest absolute Gasteiger partial charge is 0.267 e. The highest BCUT2D eigenvalue weighted by molar-refractivity contribution is 5.96. The molecule has 2 amide bonds. The molecule has 0 saturated heterocycles. The largest absolute Gasteiger partial charge is 0.472 e. The van der Waals surface area contributed by atoms with Gasteiger partial charge in [0.1, 0.15) is 5.56 Å². The summed E-state index contributed by atoms with van der Waals surface area (Å²) in [7, 11) is 0. The highest BCUT2D eigenvalue weighted by Crippen LogP contribution is 2.22. The number of carbonyl (C=O) groups is 2. The Bertz CT molecular complexity index is 584. The first kappa shape index (κ1) is 16.7. The summed E-state index contributed by atoms with van der Waals surface area (Å²) in [5, 5.41) is 0. The van der Waals surface area contributed by atoms with E-state index < -0.39 is 52.6 Å². The van der Waals surface area contributed by atoms with Crippen LogP contribution in [0.3, 0.4) is 0 Å². The predicted octanol–water partition coefficient (Wildman–Crippen LogP) is 1.71. The minimum Gasteiger partial charge on any atom is -0.267 e. The molecule has 4 nitrogen and oxygen atoms in total. The van der Waals surface area contributed by atoms with E-state index in [-0.39, 0.29) is 0 Å². The minimum absolute atomic E-state index is 0.693. The highest BCUT2D eigenvalue weighted by atomic mass is 19.4. The van der Waals surface area contributed by atoms with Crippen LogP contribution in [0.4, 0.5) is 35.1 Å². The summed E-state index contributed by atoms with van der Waals surface area (Å²) in [6, 6.07) is 0. The average Bonchev–Trinajstić information content (AvgIpc) is 2.39. The Labute approximate surface area is 109 Å². The van der Waals surface area contributed by atoms with Crippen molar-refractivity contribution >= 4 is 11.8 Å². The standard InChI is InChI=1S/C9H2F8N2O2/c10-2-1(3(11)5(13)6(14)4(2)12)7(20)18-19-8(21)9(15,16)17/h(H,18,20)(H,19,21). The van der Waals surface area contributed by atoms with Crippen molar-refractivity contribution in [3.8, 4) is 0 Å². The number of rotatable bonds is 1. The molecule has 1 aromatic carbocycles. The summed E-state index contributed by atoms with van der Waals surface area (Å²) in [5.74, 6) is -17.5. The molecule has 0 unspecified atom stereocenters. The van der Waals surface area contributed by atoms with E-state index in [1.54, 1.807) is 0 Å². The second-order valence-electron chi connectivity index (χ2n) is 3.35. The Morgan fingerprint density at radius 1 is 0.714 bits per heavy atom. The van der Waals surface area contributed by atoms with Crippen LogP contribution in [-0.2, 0) is 4.79 Å². The van der Waals surface area contributed by atoms with Crippen molar-refractivity contribution in [2.45, 2.75) is 6.18 Å². The van der Waals surface area contributed by atoms with E-state index >= 15 is 0 Å². The third-order valence-corrected chi connectivity index (χ3v) is 1.98. The van der Waals surface area contributed by atoms with Crippen LogP contribution in [0.5, 0.6) is 0 Å². The van der Waals surface area contributed by atoms with E-state index in [2.05, 4.69) is 0 Å². The van der Waals surface area contributed by atoms with Crippen molar-refractivity contribution in [3.05, 3.63) is 34.6 Å². The first-order valence-corrected chi connectivity index (χ1v) is 4.67. The van der Waals surface area contributed by atoms with Gasteiger partial charge in [-0.25, -0.2) is 22.0 Å². The first-order chi connectivity index (χ1) is 9.48. The molecule has 0 heterocycles. The van der Waals surface area contributed by atoms with Gasteiger partial charge in [-0.3, -0.25) is 20.4 Å². The average molecular weight is 322 g/mol. The van der Waals surface area contributed by atoms with Crippen LogP contribution in [0.25, 0.3) is 0 Å². The molecule has 0 aliphatic carbocycles. The molecule has 21 heavy (non-hydrogen) atoms. The Morgan fingerprint density at radius 2 is 1.10 bits per heavy atom. The van der Waals surface area contributed by atoms with Crippen LogP contribution in [0.15, 0.2) is 0 Å². The normalized spacial score (nSPS) is 11.2. The zero-order valence-electron chi connectivity index (χ0n) is 9.34. The van der Waals surface area contributed by atoms with Crippen molar-refractivity contribution < 1.29 is 44.7 Å². The molecule has 0 aromatic heterocycles. The third-order valence-electron chi connectivity index (χ3n) is 1.98. The lowest BCUT2D eigenvalue weighted by Crippen LogP contribution is -2.48. The number of nitrogens with one attached hydrogen (secondary N) is 2. The van der Waals surface area contributed by atoms with Crippen LogP contribution >= 0.6 is 0 Å². The summed E-state index contributed by atoms with van der Waals surface area (Å²) in [4.78, 5) is 21.4. The van der Waals surface area contributed by atoms with Crippen molar-refractivity contribution in [2.75, 3.05) is 0 Å². The van der Waals surface area contributed by atoms with Gasteiger partial charge in [0.15, 0.2) is 23.3 Å². The molecule has 0 fully saturated rings. The van der Waals surface area contributed by atoms with Crippen molar-refractivity contribution in [2.24, 2.45) is 0 Å². The summed E-state index contributed by atoms with van der Waals surface area (Å²) >= 11 is 0. The molecular formula is C9H2F8N2O2. The van der Waals surface area contributed by atoms with E-state index in [1.165, 1.54) is 0 Å². The zero-order chi connectivity index (χ0) is 16.5. The summed E-state index contributed by atoms with van der Waals surface area (Å²) < 4.78 is 99.6. The van der Waals surface area contributed by atoms with Gasteiger partial charge in [0, 0.05) is 0 Å². The van der Waals surface area contributed by atoms with Crippen molar-refractivity contribution in [3.63, 3.8) is 0 Å². The van der Waals surface area contributed by atoms with Crippen molar-refractivity contribution in [1.29, 1.82) is 0 Å². The number of hydrazine groups is 1. The fraction of sp³-hybridized carbons (Fsp3) is 0.111. The van der Waals surface area contributed by atoms with Crippen LogP contribution in [0, 0.1) is 29.1 Å². The molecule has 116 valence electrons. The molecule has 0 saturated carbocycles. The maximum atomic E-state index is 13.1. The summed E-state index contributed by atoms with van der Waals surface area (Å²) in [6.07, 6.45) is -5.44. The van der Waals surface area contributed by atoms with Gasteiger partial charge in [-0.2, -0.15) is 13.2 Å². The molecule has 1 rings (SSSR count). The number of alkyl halides is 3. The lowest BCUT2D eigenvalue weighted by molar-refractivity contribution is -0.174. The van der Waals surface area contributed by atoms with Gasteiger partial charge < -0.3 is 0 Å². The summed E-state index contributed by atoms with van der Waals surface area (Å²) in [6.45, 7) is 0. The van der Waals surface area contributed by atoms with Crippen LogP contribution in [-0.4, -0.2) is 18.0 Å². The van der Waals surface area contributed by atoms with Gasteiger partial charge >= 0.3 is 12.1 Å². The minimum atomic E-state index is -5.44. The summed E-state index contributed by atoms with van der Waals surface area (Å²) in [5.41, 5.74) is -0.487. The third kappa shape index (κ3) is 3.20. The molecule has 0 bridgehead atoms. The molecule has 0 spiro atoms. The van der Waals surface area contributed by atoms with Gasteiger partial charge in [0.05, 0.1) is 0 Å². The lowest BCUT2D eigenvalue weighted by atomic mass is 10.1. The Hall–Kier alpha value is -2.40. The number of benzene rings is 1. The van der Waals surface area contributed by atoms with Crippen molar-refractivity contribution in [1.82, 2.24) is 10.9 Å². The molecule has 0 radical (unpaired) electrons. The fourth-order valence-electron chi connectivity index (χ4n) is 1.05. The van der Waals surface area contributed by atoms with Crippen LogP contribution in [0.1, 0.15) is 10.4 Å². The van der Waals surface area contributed by atoms with E-state index in [0.29, 0.717) is 5.43 Å². The highest BCUT2D eigenvalue weighted by Gasteiger charge is 2.39. The van der Waals surface area contributed by atoms with Gasteiger partial charge in [-0.1, -0.05) is 0 Å². The maximum absolute atomic E-state index is 13.1. The van der Waals surface area contributed by atoms with Gasteiger partial charge in [0.2, 0.25) is 5.82 Å². The quantitative estimate of drug-likeness (QED) is 0.358. The second-order valence-corrected chi connectivity index (χ2v) is 3.35. The fourth-order valence-corrected chi connectivity index (χ4v) is 1.05. The predicted molar refractivity (Wildman–Crippen MR) is 47.9 cm³/mol. The molecule has 2 N–H and O–H groups in total. The number of carbonyl (C=O) groups excluding carboxylic acids is 2. The second kappa shape index (κ2) is 5.54. The van der Waals surface area contributed by atoms with E-state index in [4.69, 9.17) is 0 Å². The molecule has 0 aliphatic rings. The molecule has 0 atom stereocenters. The Kier molecular flexibility index (Phi) is 4.39. The Morgan fingerprint density at radius 3 is 1.48 bits per heavy atom. The molecule has 1 aromatic rings. The zero-order valence-corrected chi connectivity index (χ0v) is 9.34. The van der Waals surface area contributed by atoms with Gasteiger partial charge in [-0.15, -0.1) is 0 Å². The number of hydrogen-bond acceptors (Lipinski definition) is 2. The first-order valence-electron chi connectivity index (χ1n) is 4.67. The molecular weight excluding hydrogens is 320 g/mol. The number of hydrogen-bond donors (Lipinski definition) is 2. The van der Waals surface area contributed by atoms with E-state index in [1.807, 2.05) is 0 Å². The number of halogens is 8. The topological polar surface area (TPSA) is 58.2 Å². The van der Waals surface area contributed by atoms with E-state index in [9.17, 15) is 44.7 Å². The van der Waals surface area contributed by atoms with Gasteiger partial charge in [-0.05, 0) is 0 Å². The molecule has 0 aliphatic heterocycles. The van der Waals surface area contributed by atoms with Gasteiger partial charge in [0.25, 0.3) is 5.91 Å². The SMILES string of the molecule is O=C(NNC(=O)C(F)(F)F)c1c(F)c(F)c(F)c(F)c1F. The monoisotopic (exact) mass is 322 g/mol. The molecule has 12 heteroatoms. The van der Waals surface area contributed by atoms with Crippen LogP contribution in [0.2, 0.25) is 0 Å². The van der Waals surface area contributed by atoms with Crippen LogP contribution < -0.4 is 10.9 Å².